The van der Waals surface area contributed by atoms with E-state index >= 15 is 0 Å². The number of carbonyl (C=O) groups is 3. The van der Waals surface area contributed by atoms with E-state index in [1.54, 1.807) is 45.4 Å². The van der Waals surface area contributed by atoms with E-state index in [2.05, 4.69) is 10.6 Å². The zero-order chi connectivity index (χ0) is 33.4. The lowest BCUT2D eigenvalue weighted by atomic mass is 9.86. The molecule has 248 valence electrons. The predicted octanol–water partition coefficient (Wildman–Crippen LogP) is 4.70. The molecule has 2 aliphatic heterocycles. The van der Waals surface area contributed by atoms with E-state index in [0.29, 0.717) is 33.7 Å². The van der Waals surface area contributed by atoms with Gasteiger partial charge in [0.1, 0.15) is 11.9 Å². The number of fused-ring (bicyclic) bond motifs is 4. The first-order chi connectivity index (χ1) is 21.4. The van der Waals surface area contributed by atoms with E-state index in [-0.39, 0.29) is 34.9 Å². The minimum Gasteiger partial charge on any atom is -0.505 e. The molecule has 2 heterocycles. The first kappa shape index (κ1) is 36.1. The molecule has 7 atom stereocenters. The van der Waals surface area contributed by atoms with Crippen LogP contribution in [0.15, 0.2) is 46.4 Å². The lowest BCUT2D eigenvalue weighted by molar-refractivity contribution is -0.114. The molecule has 45 heavy (non-hydrogen) atoms. The fourth-order valence-corrected chi connectivity index (χ4v) is 6.75. The van der Waals surface area contributed by atoms with Gasteiger partial charge in [0.05, 0.1) is 40.3 Å². The molecular formula is C32H45N3O9S. The summed E-state index contributed by atoms with van der Waals surface area (Å²) in [4.78, 5) is 38.1. The number of rotatable bonds is 5. The maximum atomic E-state index is 13.4. The summed E-state index contributed by atoms with van der Waals surface area (Å²) in [6, 6.07) is 1.69. The molecule has 0 saturated carbocycles. The third kappa shape index (κ3) is 8.67. The second-order valence-electron chi connectivity index (χ2n) is 11.3. The van der Waals surface area contributed by atoms with Crippen LogP contribution in [-0.4, -0.2) is 81.6 Å². The number of allylic oxidation sites excluding steroid dienone is 2. The van der Waals surface area contributed by atoms with E-state index < -0.39 is 42.5 Å². The van der Waals surface area contributed by atoms with Gasteiger partial charge in [0.25, 0.3) is 5.91 Å². The number of primary amides is 1. The highest BCUT2D eigenvalue weighted by Crippen LogP contribution is 2.49. The Labute approximate surface area is 268 Å². The van der Waals surface area contributed by atoms with Crippen LogP contribution in [0.5, 0.6) is 5.75 Å². The SMILES string of the molecule is CO[C@@H]1[C@H](C)/C=C(\C)[C@H](OC(N)=O)[C@@H](OC)/C=C/C=C(/C)C(=O)Nc2c(O)c(cc3c2SCC(=O)N3)[C@@H](OC)[C@@H](C)C[C@H]1OC. The van der Waals surface area contributed by atoms with Crippen LogP contribution < -0.4 is 16.4 Å². The first-order valence-corrected chi connectivity index (χ1v) is 15.6. The quantitative estimate of drug-likeness (QED) is 0.200. The number of carbonyl (C=O) groups excluding carboxylic acids is 3. The largest absolute Gasteiger partial charge is 0.505 e. The van der Waals surface area contributed by atoms with Gasteiger partial charge in [-0.3, -0.25) is 9.59 Å². The first-order valence-electron chi connectivity index (χ1n) is 14.6. The Kier molecular flexibility index (Phi) is 13.1. The van der Waals surface area contributed by atoms with Crippen LogP contribution in [0.1, 0.15) is 45.8 Å². The number of aromatic hydroxyl groups is 1. The zero-order valence-corrected chi connectivity index (χ0v) is 27.9. The van der Waals surface area contributed by atoms with Gasteiger partial charge in [0.15, 0.2) is 6.10 Å². The molecule has 2 bridgehead atoms. The molecule has 0 fully saturated rings. The van der Waals surface area contributed by atoms with Crippen LogP contribution in [0.4, 0.5) is 16.2 Å². The molecule has 0 saturated heterocycles. The van der Waals surface area contributed by atoms with Crippen LogP contribution in [0.2, 0.25) is 0 Å². The molecule has 5 N–H and O–H groups in total. The number of hydrogen-bond acceptors (Lipinski definition) is 10. The number of phenolic OH excluding ortho intramolecular Hbond substituents is 1. The summed E-state index contributed by atoms with van der Waals surface area (Å²) >= 11 is 1.22. The second-order valence-corrected chi connectivity index (χ2v) is 12.2. The highest BCUT2D eigenvalue weighted by molar-refractivity contribution is 8.00. The topological polar surface area (TPSA) is 168 Å². The summed E-state index contributed by atoms with van der Waals surface area (Å²) in [5.41, 5.74) is 7.47. The molecule has 12 nitrogen and oxygen atoms in total. The van der Waals surface area contributed by atoms with E-state index in [1.807, 2.05) is 26.8 Å². The fourth-order valence-electron chi connectivity index (χ4n) is 5.85. The number of nitrogens with one attached hydrogen (secondary N) is 2. The van der Waals surface area contributed by atoms with Gasteiger partial charge in [-0.05, 0) is 37.8 Å². The molecule has 3 rings (SSSR count). The van der Waals surface area contributed by atoms with Crippen molar-refractivity contribution < 1.29 is 43.2 Å². The van der Waals surface area contributed by atoms with Gasteiger partial charge in [-0.1, -0.05) is 38.2 Å². The molecule has 0 spiro atoms. The predicted molar refractivity (Wildman–Crippen MR) is 172 cm³/mol. The third-order valence-corrected chi connectivity index (χ3v) is 9.20. The summed E-state index contributed by atoms with van der Waals surface area (Å²) in [6.07, 6.45) is 3.19. The lowest BCUT2D eigenvalue weighted by Crippen LogP contribution is -2.38. The minimum absolute atomic E-state index is 0.128. The van der Waals surface area contributed by atoms with Gasteiger partial charge in [0.2, 0.25) is 5.91 Å². The molecule has 0 unspecified atom stereocenters. The molecule has 0 aliphatic carbocycles. The Morgan fingerprint density at radius 1 is 1.02 bits per heavy atom. The van der Waals surface area contributed by atoms with Crippen LogP contribution in [0.3, 0.4) is 0 Å². The summed E-state index contributed by atoms with van der Waals surface area (Å²) in [5.74, 6) is -1.13. The summed E-state index contributed by atoms with van der Waals surface area (Å²) in [7, 11) is 6.21. The zero-order valence-electron chi connectivity index (χ0n) is 27.0. The van der Waals surface area contributed by atoms with Crippen molar-refractivity contribution in [1.82, 2.24) is 0 Å². The summed E-state index contributed by atoms with van der Waals surface area (Å²) < 4.78 is 28.9. The maximum Gasteiger partial charge on any atom is 0.405 e. The Morgan fingerprint density at radius 2 is 1.73 bits per heavy atom. The fraction of sp³-hybridized carbons (Fsp3) is 0.531. The highest BCUT2D eigenvalue weighted by atomic mass is 32.2. The number of ether oxygens (including phenoxy) is 5. The van der Waals surface area contributed by atoms with Crippen molar-refractivity contribution in [3.8, 4) is 5.75 Å². The van der Waals surface area contributed by atoms with Gasteiger partial charge in [-0.15, -0.1) is 11.8 Å². The Morgan fingerprint density at radius 3 is 2.33 bits per heavy atom. The van der Waals surface area contributed by atoms with Gasteiger partial charge < -0.3 is 45.2 Å². The van der Waals surface area contributed by atoms with Gasteiger partial charge in [-0.25, -0.2) is 4.79 Å². The maximum absolute atomic E-state index is 13.4. The number of phenols is 1. The number of anilines is 2. The molecule has 1 aromatic rings. The number of hydrogen-bond donors (Lipinski definition) is 4. The van der Waals surface area contributed by atoms with Crippen LogP contribution in [0.25, 0.3) is 0 Å². The molecular weight excluding hydrogens is 602 g/mol. The molecule has 2 aliphatic rings. The number of benzene rings is 1. The van der Waals surface area contributed by atoms with Crippen molar-refractivity contribution >= 4 is 41.0 Å². The van der Waals surface area contributed by atoms with Crippen LogP contribution in [0, 0.1) is 11.8 Å². The van der Waals surface area contributed by atoms with Gasteiger partial charge in [-0.2, -0.15) is 0 Å². The average molecular weight is 648 g/mol. The number of thioether (sulfide) groups is 1. The van der Waals surface area contributed by atoms with Crippen molar-refractivity contribution in [2.45, 2.75) is 69.5 Å². The summed E-state index contributed by atoms with van der Waals surface area (Å²) in [6.45, 7) is 7.36. The van der Waals surface area contributed by atoms with Crippen molar-refractivity contribution in [2.24, 2.45) is 17.6 Å². The number of methoxy groups -OCH3 is 4. The summed E-state index contributed by atoms with van der Waals surface area (Å²) in [5, 5.41) is 17.3. The van der Waals surface area contributed by atoms with Crippen molar-refractivity contribution in [1.29, 1.82) is 0 Å². The van der Waals surface area contributed by atoms with Crippen molar-refractivity contribution in [2.75, 3.05) is 44.8 Å². The van der Waals surface area contributed by atoms with E-state index in [1.165, 1.54) is 26.0 Å². The number of nitrogens with two attached hydrogens (primary N) is 1. The smallest absolute Gasteiger partial charge is 0.405 e. The van der Waals surface area contributed by atoms with Crippen LogP contribution >= 0.6 is 11.8 Å². The normalized spacial score (nSPS) is 31.3. The van der Waals surface area contributed by atoms with E-state index in [4.69, 9.17) is 29.4 Å². The number of amides is 3. The second kappa shape index (κ2) is 16.3. The molecule has 3 amide bonds. The Bertz CT molecular complexity index is 1350. The third-order valence-electron chi connectivity index (χ3n) is 8.08. The van der Waals surface area contributed by atoms with Crippen LogP contribution in [-0.2, 0) is 33.3 Å². The van der Waals surface area contributed by atoms with Crippen molar-refractivity contribution in [3.63, 3.8) is 0 Å². The minimum atomic E-state index is -0.961. The molecule has 1 aromatic carbocycles. The lowest BCUT2D eigenvalue weighted by Gasteiger charge is -2.34. The van der Waals surface area contributed by atoms with Crippen molar-refractivity contribution in [3.05, 3.63) is 47.1 Å². The monoisotopic (exact) mass is 647 g/mol. The highest BCUT2D eigenvalue weighted by Gasteiger charge is 2.35. The molecule has 0 radical (unpaired) electrons. The van der Waals surface area contributed by atoms with Gasteiger partial charge >= 0.3 is 6.09 Å². The Hall–Kier alpha value is -3.36. The Balaban J connectivity index is 2.22. The van der Waals surface area contributed by atoms with Gasteiger partial charge in [0, 0.05) is 45.5 Å². The van der Waals surface area contributed by atoms with E-state index in [9.17, 15) is 19.5 Å². The standard InChI is InChI=1S/C32H45N3O9S/c1-16-10-9-11-22(40-5)29(44-32(33)39)18(3)12-17(2)28(43-8)23(41-6)13-19(4)27(42-7)20-14-21-30(45-15-24(36)34-21)25(26(20)37)35-31(16)38/h9-12,14,17,19,22-23,27-29,37H,13,15H2,1-8H3,(H2,33,39)(H,34,36)(H,35,38)/b11-9+,16-10-,18-12+/t17-,19+,22+,23-,27+,28-,29+/m1/s1. The molecule has 13 heteroatoms. The molecule has 0 aromatic heterocycles. The average Bonchev–Trinajstić information content (AvgIpc) is 2.99. The van der Waals surface area contributed by atoms with E-state index in [0.717, 1.165) is 0 Å².